The molecule has 6 nitrogen and oxygen atoms in total. The molecule has 0 aliphatic rings. The van der Waals surface area contributed by atoms with Crippen LogP contribution < -0.4 is 4.72 Å². The van der Waals surface area contributed by atoms with E-state index in [9.17, 15) is 13.2 Å². The van der Waals surface area contributed by atoms with Crippen LogP contribution in [0.5, 0.6) is 0 Å². The summed E-state index contributed by atoms with van der Waals surface area (Å²) in [5.74, 6) is -1.02. The Kier molecular flexibility index (Phi) is 4.61. The van der Waals surface area contributed by atoms with E-state index in [0.29, 0.717) is 5.03 Å². The van der Waals surface area contributed by atoms with Crippen molar-refractivity contribution in [2.45, 2.75) is 14.8 Å². The van der Waals surface area contributed by atoms with Crippen molar-refractivity contribution in [3.8, 4) is 0 Å². The minimum absolute atomic E-state index is 0.155. The summed E-state index contributed by atoms with van der Waals surface area (Å²) in [6, 6.07) is 9.12. The van der Waals surface area contributed by atoms with Crippen LogP contribution in [0.1, 0.15) is 10.4 Å². The SMILES string of the molecule is CNS(=O)(=O)c1ccc(Sc2cc(C(=O)O)ccn2)cc1. The van der Waals surface area contributed by atoms with Crippen molar-refractivity contribution in [1.29, 1.82) is 0 Å². The first kappa shape index (κ1) is 15.5. The summed E-state index contributed by atoms with van der Waals surface area (Å²) in [6.45, 7) is 0. The molecule has 0 saturated carbocycles. The van der Waals surface area contributed by atoms with Gasteiger partial charge < -0.3 is 5.11 Å². The van der Waals surface area contributed by atoms with Gasteiger partial charge in [0.05, 0.1) is 10.5 Å². The molecular formula is C13H12N2O4S2. The van der Waals surface area contributed by atoms with Crippen molar-refractivity contribution >= 4 is 27.8 Å². The molecule has 0 radical (unpaired) electrons. The third-order valence-electron chi connectivity index (χ3n) is 2.61. The van der Waals surface area contributed by atoms with Gasteiger partial charge in [-0.3, -0.25) is 0 Å². The maximum atomic E-state index is 11.6. The average molecular weight is 324 g/mol. The van der Waals surface area contributed by atoms with Crippen molar-refractivity contribution in [1.82, 2.24) is 9.71 Å². The summed E-state index contributed by atoms with van der Waals surface area (Å²) in [5.41, 5.74) is 0.155. The highest BCUT2D eigenvalue weighted by Gasteiger charge is 2.11. The Balaban J connectivity index is 2.21. The predicted octanol–water partition coefficient (Wildman–Crippen LogP) is 1.84. The summed E-state index contributed by atoms with van der Waals surface area (Å²) in [5, 5.41) is 9.44. The molecule has 0 aliphatic carbocycles. The van der Waals surface area contributed by atoms with Gasteiger partial charge in [-0.1, -0.05) is 11.8 Å². The van der Waals surface area contributed by atoms with E-state index in [1.165, 1.54) is 49.3 Å². The number of carboxylic acids is 1. The van der Waals surface area contributed by atoms with Gasteiger partial charge in [-0.25, -0.2) is 22.9 Å². The average Bonchev–Trinajstić information content (AvgIpc) is 2.48. The molecule has 0 amide bonds. The summed E-state index contributed by atoms with van der Waals surface area (Å²) in [4.78, 5) is 15.9. The number of benzene rings is 1. The lowest BCUT2D eigenvalue weighted by Gasteiger charge is -2.05. The predicted molar refractivity (Wildman–Crippen MR) is 78.0 cm³/mol. The number of rotatable bonds is 5. The molecule has 1 aromatic carbocycles. The van der Waals surface area contributed by atoms with Crippen LogP contribution >= 0.6 is 11.8 Å². The first-order valence-electron chi connectivity index (χ1n) is 5.83. The van der Waals surface area contributed by atoms with E-state index >= 15 is 0 Å². The van der Waals surface area contributed by atoms with Crippen molar-refractivity contribution in [3.63, 3.8) is 0 Å². The quantitative estimate of drug-likeness (QED) is 0.871. The summed E-state index contributed by atoms with van der Waals surface area (Å²) in [6.07, 6.45) is 1.42. The second-order valence-electron chi connectivity index (χ2n) is 3.97. The number of aromatic nitrogens is 1. The van der Waals surface area contributed by atoms with E-state index in [-0.39, 0.29) is 10.5 Å². The molecule has 0 bridgehead atoms. The molecule has 0 aliphatic heterocycles. The highest BCUT2D eigenvalue weighted by molar-refractivity contribution is 7.99. The van der Waals surface area contributed by atoms with E-state index in [1.54, 1.807) is 12.1 Å². The lowest BCUT2D eigenvalue weighted by atomic mass is 10.3. The Labute approximate surface area is 126 Å². The third kappa shape index (κ3) is 3.81. The molecule has 2 N–H and O–H groups in total. The Morgan fingerprint density at radius 2 is 1.90 bits per heavy atom. The smallest absolute Gasteiger partial charge is 0.335 e. The lowest BCUT2D eigenvalue weighted by Crippen LogP contribution is -2.18. The van der Waals surface area contributed by atoms with Crippen LogP contribution in [0.25, 0.3) is 0 Å². The fraction of sp³-hybridized carbons (Fsp3) is 0.0769. The molecule has 110 valence electrons. The summed E-state index contributed by atoms with van der Waals surface area (Å²) in [7, 11) is -2.11. The number of carboxylic acid groups (broad SMARTS) is 1. The van der Waals surface area contributed by atoms with Gasteiger partial charge in [-0.05, 0) is 43.4 Å². The maximum Gasteiger partial charge on any atom is 0.335 e. The largest absolute Gasteiger partial charge is 0.478 e. The Bertz CT molecular complexity index is 758. The monoisotopic (exact) mass is 324 g/mol. The number of aromatic carboxylic acids is 1. The maximum absolute atomic E-state index is 11.6. The van der Waals surface area contributed by atoms with Gasteiger partial charge in [0.1, 0.15) is 5.03 Å². The number of hydrogen-bond acceptors (Lipinski definition) is 5. The van der Waals surface area contributed by atoms with Crippen LogP contribution in [0.4, 0.5) is 0 Å². The Morgan fingerprint density at radius 1 is 1.24 bits per heavy atom. The lowest BCUT2D eigenvalue weighted by molar-refractivity contribution is 0.0696. The molecule has 1 heterocycles. The van der Waals surface area contributed by atoms with Crippen LogP contribution in [0.15, 0.2) is 57.4 Å². The molecular weight excluding hydrogens is 312 g/mol. The molecule has 8 heteroatoms. The van der Waals surface area contributed by atoms with Gasteiger partial charge >= 0.3 is 5.97 Å². The molecule has 0 saturated heterocycles. The number of pyridine rings is 1. The number of carbonyl (C=O) groups is 1. The molecule has 1 aromatic heterocycles. The fourth-order valence-electron chi connectivity index (χ4n) is 1.52. The van der Waals surface area contributed by atoms with Gasteiger partial charge in [0, 0.05) is 11.1 Å². The molecule has 0 atom stereocenters. The fourth-order valence-corrected chi connectivity index (χ4v) is 3.07. The van der Waals surface area contributed by atoms with Crippen LogP contribution in [0.3, 0.4) is 0 Å². The zero-order valence-electron chi connectivity index (χ0n) is 11.0. The Hall–Kier alpha value is -1.90. The van der Waals surface area contributed by atoms with E-state index < -0.39 is 16.0 Å². The molecule has 2 aromatic rings. The summed E-state index contributed by atoms with van der Waals surface area (Å²) < 4.78 is 25.4. The standard InChI is InChI=1S/C13H12N2O4S2/c1-14-21(18,19)11-4-2-10(3-5-11)20-12-8-9(13(16)17)6-7-15-12/h2-8,14H,1H3,(H,16,17). The van der Waals surface area contributed by atoms with Gasteiger partial charge in [0.25, 0.3) is 0 Å². The first-order valence-corrected chi connectivity index (χ1v) is 8.13. The number of hydrogen-bond donors (Lipinski definition) is 2. The molecule has 0 spiro atoms. The van der Waals surface area contributed by atoms with E-state index in [1.807, 2.05) is 0 Å². The second-order valence-corrected chi connectivity index (χ2v) is 6.95. The van der Waals surface area contributed by atoms with Crippen LogP contribution in [0.2, 0.25) is 0 Å². The van der Waals surface area contributed by atoms with Crippen LogP contribution in [-0.2, 0) is 10.0 Å². The van der Waals surface area contributed by atoms with Crippen molar-refractivity contribution in [2.24, 2.45) is 0 Å². The molecule has 0 unspecified atom stereocenters. The van der Waals surface area contributed by atoms with Gasteiger partial charge in [0.15, 0.2) is 0 Å². The second kappa shape index (κ2) is 6.25. The van der Waals surface area contributed by atoms with Gasteiger partial charge in [0.2, 0.25) is 10.0 Å². The van der Waals surface area contributed by atoms with Crippen molar-refractivity contribution in [2.75, 3.05) is 7.05 Å². The summed E-state index contributed by atoms with van der Waals surface area (Å²) >= 11 is 1.26. The van der Waals surface area contributed by atoms with Gasteiger partial charge in [-0.15, -0.1) is 0 Å². The first-order chi connectivity index (χ1) is 9.92. The highest BCUT2D eigenvalue weighted by atomic mass is 32.2. The van der Waals surface area contributed by atoms with Crippen molar-refractivity contribution in [3.05, 3.63) is 48.2 Å². The molecule has 2 rings (SSSR count). The van der Waals surface area contributed by atoms with E-state index in [2.05, 4.69) is 9.71 Å². The minimum atomic E-state index is -3.46. The third-order valence-corrected chi connectivity index (χ3v) is 4.98. The van der Waals surface area contributed by atoms with Crippen LogP contribution in [0, 0.1) is 0 Å². The number of nitrogens with zero attached hydrogens (tertiary/aromatic N) is 1. The normalized spacial score (nSPS) is 11.3. The van der Waals surface area contributed by atoms with Gasteiger partial charge in [-0.2, -0.15) is 0 Å². The molecule has 0 fully saturated rings. The Morgan fingerprint density at radius 3 is 2.48 bits per heavy atom. The molecule has 21 heavy (non-hydrogen) atoms. The number of sulfonamides is 1. The van der Waals surface area contributed by atoms with Crippen LogP contribution in [-0.4, -0.2) is 31.5 Å². The van der Waals surface area contributed by atoms with E-state index in [4.69, 9.17) is 5.11 Å². The zero-order chi connectivity index (χ0) is 15.5. The highest BCUT2D eigenvalue weighted by Crippen LogP contribution is 2.27. The number of nitrogens with one attached hydrogen (secondary N) is 1. The van der Waals surface area contributed by atoms with E-state index in [0.717, 1.165) is 4.90 Å². The zero-order valence-corrected chi connectivity index (χ0v) is 12.6. The minimum Gasteiger partial charge on any atom is -0.478 e. The topological polar surface area (TPSA) is 96.4 Å². The van der Waals surface area contributed by atoms with Crippen molar-refractivity contribution < 1.29 is 18.3 Å².